The van der Waals surface area contributed by atoms with Gasteiger partial charge < -0.3 is 29.7 Å². The second-order valence-corrected chi connectivity index (χ2v) is 13.6. The Kier molecular flexibility index (Phi) is 10.9. The molecule has 3 heterocycles. The Hall–Kier alpha value is -3.28. The normalized spacial score (nSPS) is 28.8. The number of hydrogen-bond acceptors (Lipinski definition) is 9. The second kappa shape index (κ2) is 15.1. The molecule has 2 aromatic carbocycles. The van der Waals surface area contributed by atoms with Gasteiger partial charge in [0.25, 0.3) is 0 Å². The van der Waals surface area contributed by atoms with Crippen LogP contribution in [0.15, 0.2) is 54.6 Å². The topological polar surface area (TPSA) is 127 Å². The molecule has 0 spiro atoms. The van der Waals surface area contributed by atoms with Gasteiger partial charge in [0.05, 0.1) is 13.2 Å². The molecule has 1 aliphatic carbocycles. The molecule has 6 rings (SSSR count). The summed E-state index contributed by atoms with van der Waals surface area (Å²) in [7, 11) is 0. The maximum atomic E-state index is 14.2. The number of phenolic OH excluding ortho intramolecular Hbond substituents is 1. The zero-order chi connectivity index (χ0) is 33.7. The third-order valence-electron chi connectivity index (χ3n) is 10.4. The van der Waals surface area contributed by atoms with Crippen LogP contribution >= 0.6 is 0 Å². The number of rotatable bonds is 16. The first-order valence-corrected chi connectivity index (χ1v) is 17.8. The van der Waals surface area contributed by atoms with Crippen LogP contribution in [0.2, 0.25) is 0 Å². The molecule has 2 unspecified atom stereocenters. The average Bonchev–Trinajstić information content (AvgIpc) is 3.64. The lowest BCUT2D eigenvalue weighted by atomic mass is 9.62. The lowest BCUT2D eigenvalue weighted by Crippen LogP contribution is -2.69. The first kappa shape index (κ1) is 34.6. The zero-order valence-electron chi connectivity index (χ0n) is 28.1. The van der Waals surface area contributed by atoms with E-state index in [1.165, 1.54) is 0 Å². The summed E-state index contributed by atoms with van der Waals surface area (Å²) in [5.41, 5.74) is 1.37. The van der Waals surface area contributed by atoms with Crippen molar-refractivity contribution in [3.05, 3.63) is 71.3 Å². The lowest BCUT2D eigenvalue weighted by Gasteiger charge is -2.48. The van der Waals surface area contributed by atoms with Crippen molar-refractivity contribution < 1.29 is 38.9 Å². The number of nitrogens with zero attached hydrogens (tertiary/aromatic N) is 1. The second-order valence-electron chi connectivity index (χ2n) is 13.6. The van der Waals surface area contributed by atoms with Crippen molar-refractivity contribution in [1.29, 1.82) is 0 Å². The minimum atomic E-state index is -1.28. The number of aromatic hydroxyl groups is 1. The molecule has 3 aliphatic heterocycles. The number of esters is 1. The Bertz CT molecular complexity index is 1450. The molecule has 3 N–H and O–H groups in total. The highest BCUT2D eigenvalue weighted by Gasteiger charge is 2.76. The van der Waals surface area contributed by atoms with Crippen molar-refractivity contribution in [2.45, 2.75) is 121 Å². The first-order chi connectivity index (χ1) is 23.4. The molecule has 4 aliphatic rings. The number of carbonyl (C=O) groups excluding carboxylic acids is 2. The van der Waals surface area contributed by atoms with Gasteiger partial charge in [0, 0.05) is 25.8 Å². The fourth-order valence-corrected chi connectivity index (χ4v) is 8.04. The number of allylic oxidation sites excluding steroid dienone is 1. The van der Waals surface area contributed by atoms with E-state index < -0.39 is 47.6 Å². The van der Waals surface area contributed by atoms with Crippen LogP contribution in [-0.2, 0) is 41.6 Å². The molecule has 0 radical (unpaired) electrons. The minimum absolute atomic E-state index is 0.0633. The number of nitrogens with one attached hydrogen (secondary N) is 1. The molecule has 10 heteroatoms. The molecular formula is C38H50N2O8. The van der Waals surface area contributed by atoms with E-state index >= 15 is 0 Å². The van der Waals surface area contributed by atoms with Crippen LogP contribution in [0.1, 0.15) is 88.3 Å². The van der Waals surface area contributed by atoms with E-state index in [0.29, 0.717) is 6.42 Å². The molecule has 3 saturated heterocycles. The fourth-order valence-electron chi connectivity index (χ4n) is 8.04. The molecule has 260 valence electrons. The minimum Gasteiger partial charge on any atom is -0.508 e. The molecular weight excluding hydrogens is 612 g/mol. The number of ether oxygens (including phenoxy) is 3. The summed E-state index contributed by atoms with van der Waals surface area (Å²) < 4.78 is 19.8. The van der Waals surface area contributed by atoms with Gasteiger partial charge in [0.1, 0.15) is 35.6 Å². The Morgan fingerprint density at radius 1 is 0.979 bits per heavy atom. The number of unbranched alkanes of at least 4 members (excludes halogenated alkanes) is 4. The number of para-hydroxylation sites is 1. The van der Waals surface area contributed by atoms with Crippen LogP contribution in [-0.4, -0.2) is 76.5 Å². The predicted octanol–water partition coefficient (Wildman–Crippen LogP) is 5.20. The van der Waals surface area contributed by atoms with Gasteiger partial charge in [-0.05, 0) is 42.0 Å². The van der Waals surface area contributed by atoms with Crippen molar-refractivity contribution in [3.63, 3.8) is 0 Å². The number of phenols is 1. The van der Waals surface area contributed by atoms with E-state index in [4.69, 9.17) is 19.0 Å². The van der Waals surface area contributed by atoms with Gasteiger partial charge in [-0.25, -0.2) is 0 Å². The van der Waals surface area contributed by atoms with E-state index in [0.717, 1.165) is 68.1 Å². The summed E-state index contributed by atoms with van der Waals surface area (Å²) in [6.45, 7) is 4.40. The number of fused-ring (bicyclic) bond motifs is 4. The molecule has 2 aromatic rings. The van der Waals surface area contributed by atoms with Crippen LogP contribution in [0, 0.1) is 5.41 Å². The van der Waals surface area contributed by atoms with Gasteiger partial charge in [-0.1, -0.05) is 94.1 Å². The highest BCUT2D eigenvalue weighted by molar-refractivity contribution is 5.93. The highest BCUT2D eigenvalue weighted by atomic mass is 16.8. The number of carbonyl (C=O) groups is 2. The summed E-state index contributed by atoms with van der Waals surface area (Å²) in [5, 5.41) is 24.3. The van der Waals surface area contributed by atoms with Gasteiger partial charge in [0.15, 0.2) is 11.8 Å². The summed E-state index contributed by atoms with van der Waals surface area (Å²) in [6, 6.07) is 14.1. The Balaban J connectivity index is 1.31. The van der Waals surface area contributed by atoms with E-state index in [1.54, 1.807) is 17.2 Å². The summed E-state index contributed by atoms with van der Waals surface area (Å²) >= 11 is 0. The maximum absolute atomic E-state index is 14.2. The number of benzene rings is 2. The fraction of sp³-hybridized carbons (Fsp3) is 0.579. The summed E-state index contributed by atoms with van der Waals surface area (Å²) in [6.07, 6.45) is 9.78. The summed E-state index contributed by atoms with van der Waals surface area (Å²) in [5.74, 6) is -1.44. The number of aliphatic hydroxyl groups excluding tert-OH is 1. The van der Waals surface area contributed by atoms with Crippen LogP contribution in [0.25, 0.3) is 6.08 Å². The Morgan fingerprint density at radius 2 is 1.67 bits per heavy atom. The van der Waals surface area contributed by atoms with E-state index in [1.807, 2.05) is 48.6 Å². The van der Waals surface area contributed by atoms with Gasteiger partial charge in [-0.2, -0.15) is 5.06 Å². The van der Waals surface area contributed by atoms with Crippen molar-refractivity contribution in [1.82, 2.24) is 10.4 Å². The molecule has 2 bridgehead atoms. The average molecular weight is 663 g/mol. The molecule has 1 saturated carbocycles. The SMILES string of the molecule is CCCCCC1(CCCCC)O[C@@H]2[C@H]3ON(Cc4ccccc4C=CCc4ccccc4O)[C@H]4C(=O)OC(CC34C(=O)NCCO)[C@@H]2O1. The Labute approximate surface area is 283 Å². The number of amides is 1. The standard InChI is InChI=1S/C38H50N2O8/c1-3-5-11-20-37(21-12-6-4-2)46-31-30-24-38(36(44)39-22-23-41)33(35(43)45-30)40(48-34(38)32(31)47-37)25-28-16-8-7-14-26(28)17-13-18-27-15-9-10-19-29(27)42/h7-10,13-17,19,30-34,41-42H,3-6,11-12,18,20-25H2,1-2H3,(H,39,44)/t30?,31-,32-,33-,34+,38?/m0/s1. The quantitative estimate of drug-likeness (QED) is 0.164. The van der Waals surface area contributed by atoms with Crippen LogP contribution in [0.3, 0.4) is 0 Å². The molecule has 10 nitrogen and oxygen atoms in total. The third-order valence-corrected chi connectivity index (χ3v) is 10.4. The first-order valence-electron chi connectivity index (χ1n) is 17.8. The molecule has 1 amide bonds. The molecule has 4 fully saturated rings. The molecule has 0 aromatic heterocycles. The summed E-state index contributed by atoms with van der Waals surface area (Å²) in [4.78, 5) is 34.9. The zero-order valence-corrected chi connectivity index (χ0v) is 28.1. The highest BCUT2D eigenvalue weighted by Crippen LogP contribution is 2.58. The predicted molar refractivity (Wildman–Crippen MR) is 179 cm³/mol. The van der Waals surface area contributed by atoms with Gasteiger partial charge in [-0.3, -0.25) is 14.4 Å². The number of aliphatic hydroxyl groups is 1. The van der Waals surface area contributed by atoms with E-state index in [2.05, 4.69) is 19.2 Å². The van der Waals surface area contributed by atoms with Crippen LogP contribution in [0.5, 0.6) is 5.75 Å². The van der Waals surface area contributed by atoms with Crippen molar-refractivity contribution in [2.75, 3.05) is 13.2 Å². The van der Waals surface area contributed by atoms with Crippen molar-refractivity contribution in [3.8, 4) is 5.75 Å². The number of hydrogen-bond donors (Lipinski definition) is 3. The van der Waals surface area contributed by atoms with E-state index in [-0.39, 0.29) is 37.8 Å². The van der Waals surface area contributed by atoms with Gasteiger partial charge >= 0.3 is 5.97 Å². The van der Waals surface area contributed by atoms with Crippen molar-refractivity contribution in [2.24, 2.45) is 5.41 Å². The smallest absolute Gasteiger partial charge is 0.327 e. The van der Waals surface area contributed by atoms with Crippen LogP contribution < -0.4 is 5.32 Å². The Morgan fingerprint density at radius 3 is 2.38 bits per heavy atom. The van der Waals surface area contributed by atoms with Crippen molar-refractivity contribution >= 4 is 18.0 Å². The van der Waals surface area contributed by atoms with E-state index in [9.17, 15) is 19.8 Å². The van der Waals surface area contributed by atoms with Gasteiger partial charge in [-0.15, -0.1) is 0 Å². The van der Waals surface area contributed by atoms with Gasteiger partial charge in [0.2, 0.25) is 5.91 Å². The third kappa shape index (κ3) is 6.65. The number of hydroxylamine groups is 2. The maximum Gasteiger partial charge on any atom is 0.327 e. The van der Waals surface area contributed by atoms with Crippen LogP contribution in [0.4, 0.5) is 0 Å². The molecule has 6 atom stereocenters. The lowest BCUT2D eigenvalue weighted by molar-refractivity contribution is -0.224. The monoisotopic (exact) mass is 662 g/mol. The molecule has 48 heavy (non-hydrogen) atoms. The largest absolute Gasteiger partial charge is 0.508 e.